The molecule has 3 aliphatic carbocycles. The summed E-state index contributed by atoms with van der Waals surface area (Å²) in [7, 11) is 0. The minimum atomic E-state index is -0.211. The van der Waals surface area contributed by atoms with Gasteiger partial charge < -0.3 is 4.74 Å². The fourth-order valence-corrected chi connectivity index (χ4v) is 6.38. The van der Waals surface area contributed by atoms with E-state index in [1.165, 1.54) is 37.7 Å². The van der Waals surface area contributed by atoms with Gasteiger partial charge in [0.1, 0.15) is 0 Å². The standard InChI is InChI=1S/C20H26O2/c1-4-22-17(21)15-9-7-14(8-10-15)16-13-18(2)19(16,3)20(18)11-5-6-12-20/h7-10,16H,4-6,11-13H2,1-3H3/t16-,18+,19-/m0/s1. The van der Waals surface area contributed by atoms with Crippen LogP contribution in [0.2, 0.25) is 0 Å². The Balaban J connectivity index is 1.56. The summed E-state index contributed by atoms with van der Waals surface area (Å²) in [4.78, 5) is 11.8. The molecule has 3 saturated carbocycles. The number of esters is 1. The lowest BCUT2D eigenvalue weighted by molar-refractivity contribution is 0.0526. The highest BCUT2D eigenvalue weighted by Crippen LogP contribution is 2.96. The van der Waals surface area contributed by atoms with Gasteiger partial charge in [-0.1, -0.05) is 38.8 Å². The molecule has 118 valence electrons. The number of fused-ring (bicyclic) bond motifs is 3. The second-order valence-electron chi connectivity index (χ2n) is 7.92. The molecule has 2 heteroatoms. The molecule has 3 aliphatic rings. The zero-order valence-corrected chi connectivity index (χ0v) is 13.9. The summed E-state index contributed by atoms with van der Waals surface area (Å²) in [6.45, 7) is 7.31. The number of rotatable bonds is 3. The van der Waals surface area contributed by atoms with Crippen molar-refractivity contribution in [2.24, 2.45) is 16.2 Å². The van der Waals surface area contributed by atoms with E-state index in [1.807, 2.05) is 19.1 Å². The lowest BCUT2D eigenvalue weighted by Crippen LogP contribution is -2.30. The van der Waals surface area contributed by atoms with E-state index >= 15 is 0 Å². The molecule has 0 radical (unpaired) electrons. The molecule has 2 nitrogen and oxygen atoms in total. The van der Waals surface area contributed by atoms with E-state index < -0.39 is 0 Å². The van der Waals surface area contributed by atoms with Crippen LogP contribution in [0.5, 0.6) is 0 Å². The van der Waals surface area contributed by atoms with Gasteiger partial charge in [0.2, 0.25) is 0 Å². The van der Waals surface area contributed by atoms with Crippen molar-refractivity contribution in [3.63, 3.8) is 0 Å². The largest absolute Gasteiger partial charge is 0.462 e. The van der Waals surface area contributed by atoms with Crippen molar-refractivity contribution in [3.05, 3.63) is 35.4 Å². The van der Waals surface area contributed by atoms with Gasteiger partial charge >= 0.3 is 5.97 Å². The topological polar surface area (TPSA) is 26.3 Å². The quantitative estimate of drug-likeness (QED) is 0.739. The third-order valence-corrected chi connectivity index (χ3v) is 7.72. The van der Waals surface area contributed by atoms with Crippen molar-refractivity contribution in [1.82, 2.24) is 0 Å². The highest BCUT2D eigenvalue weighted by molar-refractivity contribution is 5.89. The molecule has 0 N–H and O–H groups in total. The third kappa shape index (κ3) is 1.40. The maximum absolute atomic E-state index is 11.8. The molecular weight excluding hydrogens is 272 g/mol. The Morgan fingerprint density at radius 2 is 1.82 bits per heavy atom. The zero-order valence-electron chi connectivity index (χ0n) is 13.9. The van der Waals surface area contributed by atoms with Crippen molar-refractivity contribution in [2.45, 2.75) is 58.8 Å². The molecule has 1 aromatic rings. The molecule has 0 unspecified atom stereocenters. The van der Waals surface area contributed by atoms with E-state index in [2.05, 4.69) is 26.0 Å². The average molecular weight is 298 g/mol. The monoisotopic (exact) mass is 298 g/mol. The van der Waals surface area contributed by atoms with E-state index in [-0.39, 0.29) is 5.97 Å². The molecule has 0 aromatic heterocycles. The molecule has 0 saturated heterocycles. The van der Waals surface area contributed by atoms with Gasteiger partial charge in [-0.05, 0) is 66.0 Å². The Morgan fingerprint density at radius 1 is 1.18 bits per heavy atom. The Bertz CT molecular complexity index is 611. The molecule has 0 bridgehead atoms. The number of carbonyl (C=O) groups is 1. The average Bonchev–Trinajstić information content (AvgIpc) is 2.93. The van der Waals surface area contributed by atoms with Crippen molar-refractivity contribution >= 4 is 5.97 Å². The van der Waals surface area contributed by atoms with Gasteiger partial charge in [0, 0.05) is 0 Å². The van der Waals surface area contributed by atoms with Gasteiger partial charge in [0.25, 0.3) is 0 Å². The van der Waals surface area contributed by atoms with Gasteiger partial charge in [-0.3, -0.25) is 0 Å². The summed E-state index contributed by atoms with van der Waals surface area (Å²) in [5, 5.41) is 0. The van der Waals surface area contributed by atoms with Gasteiger partial charge in [0.05, 0.1) is 12.2 Å². The molecule has 3 atom stereocenters. The van der Waals surface area contributed by atoms with Gasteiger partial charge in [-0.2, -0.15) is 0 Å². The summed E-state index contributed by atoms with van der Waals surface area (Å²) >= 11 is 0. The zero-order chi connectivity index (χ0) is 15.6. The first-order valence-corrected chi connectivity index (χ1v) is 8.77. The molecule has 3 fully saturated rings. The number of benzene rings is 1. The lowest BCUT2D eigenvalue weighted by Gasteiger charge is -2.40. The summed E-state index contributed by atoms with van der Waals surface area (Å²) in [5.41, 5.74) is 3.76. The van der Waals surface area contributed by atoms with E-state index in [9.17, 15) is 4.79 Å². The van der Waals surface area contributed by atoms with Crippen LogP contribution in [0.25, 0.3) is 0 Å². The van der Waals surface area contributed by atoms with Crippen molar-refractivity contribution < 1.29 is 9.53 Å². The van der Waals surface area contributed by atoms with Crippen LogP contribution in [0.1, 0.15) is 74.7 Å². The van der Waals surface area contributed by atoms with Gasteiger partial charge in [-0.25, -0.2) is 4.79 Å². The van der Waals surface area contributed by atoms with Crippen LogP contribution in [0.4, 0.5) is 0 Å². The van der Waals surface area contributed by atoms with E-state index in [0.717, 1.165) is 0 Å². The van der Waals surface area contributed by atoms with E-state index in [1.54, 1.807) is 0 Å². The normalized spacial score (nSPS) is 37.5. The first-order valence-electron chi connectivity index (χ1n) is 8.77. The van der Waals surface area contributed by atoms with Crippen molar-refractivity contribution in [2.75, 3.05) is 6.61 Å². The fourth-order valence-electron chi connectivity index (χ4n) is 6.38. The molecule has 4 rings (SSSR count). The summed E-state index contributed by atoms with van der Waals surface area (Å²) in [6.07, 6.45) is 7.01. The minimum Gasteiger partial charge on any atom is -0.462 e. The van der Waals surface area contributed by atoms with Crippen LogP contribution in [-0.4, -0.2) is 12.6 Å². The van der Waals surface area contributed by atoms with Crippen molar-refractivity contribution in [1.29, 1.82) is 0 Å². The molecule has 0 aliphatic heterocycles. The lowest BCUT2D eigenvalue weighted by atomic mass is 9.64. The van der Waals surface area contributed by atoms with Crippen LogP contribution in [0.3, 0.4) is 0 Å². The third-order valence-electron chi connectivity index (χ3n) is 7.72. The second kappa shape index (κ2) is 4.37. The number of carbonyl (C=O) groups excluding carboxylic acids is 1. The molecule has 1 spiro atoms. The highest BCUT2D eigenvalue weighted by atomic mass is 16.5. The Kier molecular flexibility index (Phi) is 2.84. The van der Waals surface area contributed by atoms with Crippen LogP contribution in [0.15, 0.2) is 24.3 Å². The van der Waals surface area contributed by atoms with Crippen LogP contribution in [0, 0.1) is 16.2 Å². The van der Waals surface area contributed by atoms with E-state index in [4.69, 9.17) is 4.74 Å². The van der Waals surface area contributed by atoms with Crippen LogP contribution < -0.4 is 0 Å². The maximum Gasteiger partial charge on any atom is 0.338 e. The second-order valence-corrected chi connectivity index (χ2v) is 7.92. The minimum absolute atomic E-state index is 0.211. The fraction of sp³-hybridized carbons (Fsp3) is 0.650. The molecule has 0 amide bonds. The van der Waals surface area contributed by atoms with Crippen LogP contribution >= 0.6 is 0 Å². The molecule has 22 heavy (non-hydrogen) atoms. The Morgan fingerprint density at radius 3 is 2.41 bits per heavy atom. The number of ether oxygens (including phenoxy) is 1. The first kappa shape index (κ1) is 14.3. The first-order chi connectivity index (χ1) is 10.5. The molecule has 0 heterocycles. The predicted octanol–water partition coefficient (Wildman–Crippen LogP) is 4.94. The van der Waals surface area contributed by atoms with E-state index in [0.29, 0.717) is 34.3 Å². The Hall–Kier alpha value is -1.31. The SMILES string of the molecule is CCOC(=O)c1ccc([C@@H]2C[C@@]3(C)C4(CCCC4)[C@@]23C)cc1. The van der Waals surface area contributed by atoms with Gasteiger partial charge in [-0.15, -0.1) is 0 Å². The van der Waals surface area contributed by atoms with Crippen molar-refractivity contribution in [3.8, 4) is 0 Å². The smallest absolute Gasteiger partial charge is 0.338 e. The summed E-state index contributed by atoms with van der Waals surface area (Å²) in [5.74, 6) is 0.462. The van der Waals surface area contributed by atoms with Gasteiger partial charge in [0.15, 0.2) is 0 Å². The highest BCUT2D eigenvalue weighted by Gasteiger charge is 2.89. The molecule has 1 aromatic carbocycles. The summed E-state index contributed by atoms with van der Waals surface area (Å²) in [6, 6.07) is 8.19. The summed E-state index contributed by atoms with van der Waals surface area (Å²) < 4.78 is 5.07. The predicted molar refractivity (Wildman–Crippen MR) is 86.9 cm³/mol. The number of hydrogen-bond acceptors (Lipinski definition) is 2. The molecular formula is C20H26O2. The van der Waals surface area contributed by atoms with Crippen LogP contribution in [-0.2, 0) is 4.74 Å². The maximum atomic E-state index is 11.8. The Labute approximate surface area is 133 Å². The number of hydrogen-bond donors (Lipinski definition) is 0.